The third kappa shape index (κ3) is 5.67. The molecule has 29 heavy (non-hydrogen) atoms. The van der Waals surface area contributed by atoms with Crippen molar-refractivity contribution >= 4 is 10.4 Å². The predicted molar refractivity (Wildman–Crippen MR) is 95.1 cm³/mol. The van der Waals surface area contributed by atoms with E-state index in [4.69, 9.17) is 28.2 Å². The van der Waals surface area contributed by atoms with Gasteiger partial charge in [-0.15, -0.1) is 0 Å². The molecule has 0 aromatic heterocycles. The zero-order chi connectivity index (χ0) is 21.8. The monoisotopic (exact) mass is 440 g/mol. The molecular formula is C16H24O12S. The second kappa shape index (κ2) is 9.86. The van der Waals surface area contributed by atoms with Gasteiger partial charge in [-0.3, -0.25) is 4.55 Å². The van der Waals surface area contributed by atoms with E-state index in [2.05, 4.69) is 4.18 Å². The minimum absolute atomic E-state index is 0.132. The molecular weight excluding hydrogens is 416 g/mol. The van der Waals surface area contributed by atoms with Gasteiger partial charge in [-0.1, -0.05) is 0 Å². The van der Waals surface area contributed by atoms with Crippen LogP contribution in [0.2, 0.25) is 0 Å². The third-order valence-corrected chi connectivity index (χ3v) is 4.66. The molecule has 0 bridgehead atoms. The molecule has 5 atom stereocenters. The van der Waals surface area contributed by atoms with Crippen LogP contribution in [0.15, 0.2) is 12.1 Å². The summed E-state index contributed by atoms with van der Waals surface area (Å²) < 4.78 is 61.4. The fourth-order valence-corrected chi connectivity index (χ4v) is 3.37. The molecule has 1 aromatic carbocycles. The van der Waals surface area contributed by atoms with Crippen molar-refractivity contribution in [1.29, 1.82) is 0 Å². The van der Waals surface area contributed by atoms with Crippen molar-refractivity contribution in [2.24, 2.45) is 0 Å². The van der Waals surface area contributed by atoms with Crippen molar-refractivity contribution in [3.05, 3.63) is 17.7 Å². The Morgan fingerprint density at radius 1 is 1.03 bits per heavy atom. The number of hydrogen-bond donors (Lipinski definition) is 4. The Balaban J connectivity index is 2.15. The smallest absolute Gasteiger partial charge is 0.397 e. The van der Waals surface area contributed by atoms with Gasteiger partial charge >= 0.3 is 10.4 Å². The van der Waals surface area contributed by atoms with Gasteiger partial charge in [-0.2, -0.15) is 8.42 Å². The molecule has 0 amide bonds. The van der Waals surface area contributed by atoms with Crippen LogP contribution in [0.3, 0.4) is 0 Å². The van der Waals surface area contributed by atoms with Gasteiger partial charge in [0.25, 0.3) is 0 Å². The quantitative estimate of drug-likeness (QED) is 0.341. The van der Waals surface area contributed by atoms with Crippen molar-refractivity contribution in [1.82, 2.24) is 0 Å². The van der Waals surface area contributed by atoms with Gasteiger partial charge in [-0.05, 0) is 17.7 Å². The Morgan fingerprint density at radius 2 is 1.62 bits per heavy atom. The standard InChI is InChI=1S/C16H24O12S/c1-23-9-4-8(5-10(24-2)14(9)25-3)7-26-16-13(19)12(18)15(11(6-17)27-16)28-29(20,21)22/h4-5,11-13,15-19H,6-7H2,1-3H3,(H,20,21,22). The van der Waals surface area contributed by atoms with Crippen molar-refractivity contribution < 1.29 is 56.2 Å². The van der Waals surface area contributed by atoms with E-state index >= 15 is 0 Å². The lowest BCUT2D eigenvalue weighted by Crippen LogP contribution is -2.60. The summed E-state index contributed by atoms with van der Waals surface area (Å²) in [5.74, 6) is 1.10. The maximum Gasteiger partial charge on any atom is 0.397 e. The number of rotatable bonds is 9. The molecule has 166 valence electrons. The number of ether oxygens (including phenoxy) is 5. The Kier molecular flexibility index (Phi) is 8.02. The highest BCUT2D eigenvalue weighted by molar-refractivity contribution is 7.80. The predicted octanol–water partition coefficient (Wildman–Crippen LogP) is -1.14. The highest BCUT2D eigenvalue weighted by atomic mass is 32.3. The van der Waals surface area contributed by atoms with Gasteiger partial charge < -0.3 is 39.0 Å². The van der Waals surface area contributed by atoms with Gasteiger partial charge in [0.15, 0.2) is 17.8 Å². The number of benzene rings is 1. The van der Waals surface area contributed by atoms with Crippen LogP contribution in [-0.4, -0.2) is 86.9 Å². The Morgan fingerprint density at radius 3 is 2.07 bits per heavy atom. The maximum absolute atomic E-state index is 10.9. The second-order valence-corrected chi connectivity index (χ2v) is 7.09. The maximum atomic E-state index is 10.9. The molecule has 4 N–H and O–H groups in total. The van der Waals surface area contributed by atoms with E-state index in [9.17, 15) is 23.7 Å². The van der Waals surface area contributed by atoms with Crippen LogP contribution in [-0.2, 0) is 30.7 Å². The highest BCUT2D eigenvalue weighted by Crippen LogP contribution is 2.38. The fourth-order valence-electron chi connectivity index (χ4n) is 2.85. The summed E-state index contributed by atoms with van der Waals surface area (Å²) in [6.07, 6.45) is -8.10. The molecule has 2 rings (SSSR count). The molecule has 0 spiro atoms. The average molecular weight is 440 g/mol. The first-order chi connectivity index (χ1) is 13.6. The average Bonchev–Trinajstić information content (AvgIpc) is 2.69. The van der Waals surface area contributed by atoms with Gasteiger partial charge in [-0.25, -0.2) is 4.18 Å². The SMILES string of the molecule is COc1cc(COC2OC(CO)C(OS(=O)(=O)O)C(O)C2O)cc(OC)c1OC. The molecule has 1 aromatic rings. The molecule has 5 unspecified atom stereocenters. The number of aliphatic hydroxyl groups is 3. The Labute approximate surface area is 167 Å². The van der Waals surface area contributed by atoms with E-state index in [0.717, 1.165) is 0 Å². The lowest BCUT2D eigenvalue weighted by molar-refractivity contribution is -0.300. The lowest BCUT2D eigenvalue weighted by Gasteiger charge is -2.40. The van der Waals surface area contributed by atoms with E-state index in [1.165, 1.54) is 21.3 Å². The summed E-state index contributed by atoms with van der Waals surface area (Å²) >= 11 is 0. The topological polar surface area (TPSA) is 170 Å². The zero-order valence-electron chi connectivity index (χ0n) is 15.9. The largest absolute Gasteiger partial charge is 0.493 e. The summed E-state index contributed by atoms with van der Waals surface area (Å²) in [4.78, 5) is 0. The van der Waals surface area contributed by atoms with Crippen LogP contribution in [0, 0.1) is 0 Å². The van der Waals surface area contributed by atoms with Crippen molar-refractivity contribution in [2.45, 2.75) is 37.3 Å². The molecule has 0 aliphatic carbocycles. The molecule has 1 saturated heterocycles. The highest BCUT2D eigenvalue weighted by Gasteiger charge is 2.47. The van der Waals surface area contributed by atoms with E-state index in [1.54, 1.807) is 12.1 Å². The van der Waals surface area contributed by atoms with E-state index in [-0.39, 0.29) is 6.61 Å². The molecule has 0 saturated carbocycles. The number of hydrogen-bond acceptors (Lipinski definition) is 11. The first-order valence-corrected chi connectivity index (χ1v) is 9.70. The van der Waals surface area contributed by atoms with Gasteiger partial charge in [0, 0.05) is 0 Å². The summed E-state index contributed by atoms with van der Waals surface area (Å²) in [7, 11) is -0.636. The molecule has 1 aliphatic rings. The molecule has 12 nitrogen and oxygen atoms in total. The first-order valence-electron chi connectivity index (χ1n) is 8.33. The van der Waals surface area contributed by atoms with Crippen LogP contribution in [0.25, 0.3) is 0 Å². The van der Waals surface area contributed by atoms with Crippen LogP contribution in [0.1, 0.15) is 5.56 Å². The third-order valence-electron chi connectivity index (χ3n) is 4.19. The van der Waals surface area contributed by atoms with Gasteiger partial charge in [0.2, 0.25) is 5.75 Å². The summed E-state index contributed by atoms with van der Waals surface area (Å²) in [5.41, 5.74) is 0.543. The minimum Gasteiger partial charge on any atom is -0.493 e. The van der Waals surface area contributed by atoms with E-state index < -0.39 is 47.7 Å². The van der Waals surface area contributed by atoms with Crippen molar-refractivity contribution in [3.8, 4) is 17.2 Å². The molecule has 13 heteroatoms. The summed E-state index contributed by atoms with van der Waals surface area (Å²) in [6, 6.07) is 3.20. The molecule has 1 heterocycles. The fraction of sp³-hybridized carbons (Fsp3) is 0.625. The lowest BCUT2D eigenvalue weighted by atomic mass is 9.99. The van der Waals surface area contributed by atoms with Crippen LogP contribution >= 0.6 is 0 Å². The van der Waals surface area contributed by atoms with E-state index in [1.807, 2.05) is 0 Å². The van der Waals surface area contributed by atoms with Gasteiger partial charge in [0.05, 0.1) is 34.5 Å². The number of methoxy groups -OCH3 is 3. The summed E-state index contributed by atoms with van der Waals surface area (Å²) in [5, 5.41) is 29.7. The second-order valence-electron chi connectivity index (χ2n) is 6.04. The van der Waals surface area contributed by atoms with Crippen molar-refractivity contribution in [3.63, 3.8) is 0 Å². The van der Waals surface area contributed by atoms with Crippen molar-refractivity contribution in [2.75, 3.05) is 27.9 Å². The summed E-state index contributed by atoms with van der Waals surface area (Å²) in [6.45, 7) is -0.902. The van der Waals surface area contributed by atoms with Crippen LogP contribution in [0.4, 0.5) is 0 Å². The molecule has 1 aliphatic heterocycles. The Hall–Kier alpha value is -1.71. The number of aliphatic hydroxyl groups excluding tert-OH is 3. The van der Waals surface area contributed by atoms with E-state index in [0.29, 0.717) is 22.8 Å². The zero-order valence-corrected chi connectivity index (χ0v) is 16.7. The normalized spacial score (nSPS) is 27.5. The minimum atomic E-state index is -4.96. The first kappa shape index (κ1) is 23.6. The molecule has 0 radical (unpaired) electrons. The molecule has 1 fully saturated rings. The van der Waals surface area contributed by atoms with Crippen LogP contribution < -0.4 is 14.2 Å². The van der Waals surface area contributed by atoms with Gasteiger partial charge in [0.1, 0.15) is 24.4 Å². The Bertz CT molecular complexity index is 755. The van der Waals surface area contributed by atoms with Crippen LogP contribution in [0.5, 0.6) is 17.2 Å².